The third-order valence-electron chi connectivity index (χ3n) is 1.89. The van der Waals surface area contributed by atoms with Gasteiger partial charge >= 0.3 is 0 Å². The normalized spacial score (nSPS) is 18.3. The van der Waals surface area contributed by atoms with Crippen LogP contribution in [0.15, 0.2) is 0 Å². The van der Waals surface area contributed by atoms with E-state index in [0.29, 0.717) is 0 Å². The largest absolute Gasteiger partial charge is 0.394 e. The van der Waals surface area contributed by atoms with E-state index >= 15 is 0 Å². The molecule has 0 amide bonds. The third kappa shape index (κ3) is 4.20. The van der Waals surface area contributed by atoms with E-state index in [9.17, 15) is 20.1 Å². The number of aliphatic hydroxyl groups is 6. The van der Waals surface area contributed by atoms with Crippen molar-refractivity contribution >= 4 is 5.78 Å². The predicted molar refractivity (Wildman–Crippen MR) is 47.6 cm³/mol. The highest BCUT2D eigenvalue weighted by Crippen LogP contribution is 2.17. The maximum absolute atomic E-state index is 10.6. The van der Waals surface area contributed by atoms with Gasteiger partial charge in [0.1, 0.15) is 24.1 Å². The lowest BCUT2D eigenvalue weighted by molar-refractivity contribution is -0.257. The van der Waals surface area contributed by atoms with Gasteiger partial charge in [0.25, 0.3) is 0 Å². The van der Waals surface area contributed by atoms with Gasteiger partial charge in [-0.15, -0.1) is 0 Å². The SMILES string of the molecule is CC(=O)CC(O)(O)[C@H](O)[C@@H](O)[C@H](O)CO. The molecular formula is C8H16O7. The Morgan fingerprint density at radius 2 is 1.73 bits per heavy atom. The summed E-state index contributed by atoms with van der Waals surface area (Å²) in [5, 5.41) is 54.1. The van der Waals surface area contributed by atoms with Gasteiger partial charge < -0.3 is 30.6 Å². The molecule has 0 fully saturated rings. The topological polar surface area (TPSA) is 138 Å². The Morgan fingerprint density at radius 1 is 1.27 bits per heavy atom. The van der Waals surface area contributed by atoms with Crippen LogP contribution in [0.3, 0.4) is 0 Å². The van der Waals surface area contributed by atoms with Crippen molar-refractivity contribution in [1.29, 1.82) is 0 Å². The monoisotopic (exact) mass is 224 g/mol. The van der Waals surface area contributed by atoms with Crippen LogP contribution in [0.25, 0.3) is 0 Å². The molecule has 0 rings (SSSR count). The number of carbonyl (C=O) groups is 1. The van der Waals surface area contributed by atoms with Gasteiger partial charge in [-0.2, -0.15) is 0 Å². The molecule has 0 aliphatic rings. The Balaban J connectivity index is 4.52. The average molecular weight is 224 g/mol. The quantitative estimate of drug-likeness (QED) is 0.260. The summed E-state index contributed by atoms with van der Waals surface area (Å²) in [6, 6.07) is 0. The van der Waals surface area contributed by atoms with Crippen molar-refractivity contribution in [2.45, 2.75) is 37.4 Å². The zero-order valence-electron chi connectivity index (χ0n) is 8.24. The average Bonchev–Trinajstić information content (AvgIpc) is 2.12. The predicted octanol–water partition coefficient (Wildman–Crippen LogP) is -3.28. The lowest BCUT2D eigenvalue weighted by Gasteiger charge is -2.31. The summed E-state index contributed by atoms with van der Waals surface area (Å²) >= 11 is 0. The summed E-state index contributed by atoms with van der Waals surface area (Å²) < 4.78 is 0. The smallest absolute Gasteiger partial charge is 0.199 e. The Morgan fingerprint density at radius 3 is 2.07 bits per heavy atom. The van der Waals surface area contributed by atoms with Gasteiger partial charge in [0.2, 0.25) is 0 Å². The molecule has 0 saturated carbocycles. The van der Waals surface area contributed by atoms with Gasteiger partial charge in [0.05, 0.1) is 13.0 Å². The highest BCUT2D eigenvalue weighted by Gasteiger charge is 2.41. The minimum atomic E-state index is -2.83. The number of carbonyl (C=O) groups excluding carboxylic acids is 1. The maximum Gasteiger partial charge on any atom is 0.199 e. The minimum Gasteiger partial charge on any atom is -0.394 e. The number of Topliss-reactive ketones (excluding diaryl/α,β-unsaturated/α-hetero) is 1. The molecule has 7 heteroatoms. The molecule has 6 N–H and O–H groups in total. The van der Waals surface area contributed by atoms with Crippen LogP contribution in [0, 0.1) is 0 Å². The molecule has 15 heavy (non-hydrogen) atoms. The zero-order valence-corrected chi connectivity index (χ0v) is 8.24. The van der Waals surface area contributed by atoms with Crippen LogP contribution in [0.2, 0.25) is 0 Å². The highest BCUT2D eigenvalue weighted by molar-refractivity contribution is 5.76. The van der Waals surface area contributed by atoms with Crippen LogP contribution in [-0.4, -0.2) is 67.1 Å². The van der Waals surface area contributed by atoms with E-state index in [1.807, 2.05) is 0 Å². The molecule has 0 aliphatic heterocycles. The molecule has 0 aromatic carbocycles. The summed E-state index contributed by atoms with van der Waals surface area (Å²) in [4.78, 5) is 10.6. The molecular weight excluding hydrogens is 208 g/mol. The maximum atomic E-state index is 10.6. The van der Waals surface area contributed by atoms with Crippen molar-refractivity contribution in [2.24, 2.45) is 0 Å². The molecule has 0 heterocycles. The van der Waals surface area contributed by atoms with Crippen molar-refractivity contribution in [1.82, 2.24) is 0 Å². The summed E-state index contributed by atoms with van der Waals surface area (Å²) in [6.07, 6.45) is -6.61. The second-order valence-electron chi connectivity index (χ2n) is 3.44. The molecule has 0 spiro atoms. The molecule has 0 aliphatic carbocycles. The lowest BCUT2D eigenvalue weighted by atomic mass is 9.96. The Bertz CT molecular complexity index is 215. The van der Waals surface area contributed by atoms with E-state index in [1.165, 1.54) is 0 Å². The number of hydrogen-bond acceptors (Lipinski definition) is 7. The molecule has 0 aromatic rings. The Kier molecular flexibility index (Phi) is 5.29. The lowest BCUT2D eigenvalue weighted by Crippen LogP contribution is -2.54. The molecule has 3 atom stereocenters. The fourth-order valence-electron chi connectivity index (χ4n) is 1.06. The Hall–Kier alpha value is -0.570. The second-order valence-corrected chi connectivity index (χ2v) is 3.44. The first-order valence-corrected chi connectivity index (χ1v) is 4.31. The van der Waals surface area contributed by atoms with Gasteiger partial charge in [-0.25, -0.2) is 0 Å². The molecule has 0 saturated heterocycles. The molecule has 0 bridgehead atoms. The van der Waals surface area contributed by atoms with Gasteiger partial charge in [-0.3, -0.25) is 4.79 Å². The molecule has 0 unspecified atom stereocenters. The van der Waals surface area contributed by atoms with E-state index in [-0.39, 0.29) is 0 Å². The summed E-state index contributed by atoms with van der Waals surface area (Å²) in [5.41, 5.74) is 0. The standard InChI is InChI=1S/C8H16O7/c1-4(10)2-8(14,15)7(13)6(12)5(11)3-9/h5-7,9,11-15H,2-3H2,1H3/t5-,6+,7-/m1/s1. The van der Waals surface area contributed by atoms with E-state index in [0.717, 1.165) is 6.92 Å². The van der Waals surface area contributed by atoms with Crippen molar-refractivity contribution in [2.75, 3.05) is 6.61 Å². The minimum absolute atomic E-state index is 0.607. The third-order valence-corrected chi connectivity index (χ3v) is 1.89. The number of hydrogen-bond donors (Lipinski definition) is 6. The number of rotatable bonds is 6. The molecule has 0 aromatic heterocycles. The van der Waals surface area contributed by atoms with Crippen molar-refractivity contribution in [3.63, 3.8) is 0 Å². The number of ketones is 1. The van der Waals surface area contributed by atoms with Crippen LogP contribution < -0.4 is 0 Å². The van der Waals surface area contributed by atoms with Crippen LogP contribution in [0.4, 0.5) is 0 Å². The molecule has 7 nitrogen and oxygen atoms in total. The van der Waals surface area contributed by atoms with Crippen molar-refractivity contribution < 1.29 is 35.4 Å². The fraction of sp³-hybridized carbons (Fsp3) is 0.875. The van der Waals surface area contributed by atoms with Crippen molar-refractivity contribution in [3.05, 3.63) is 0 Å². The van der Waals surface area contributed by atoms with Gasteiger partial charge in [0, 0.05) is 0 Å². The first kappa shape index (κ1) is 14.4. The van der Waals surface area contributed by atoms with Gasteiger partial charge in [-0.05, 0) is 6.92 Å². The van der Waals surface area contributed by atoms with Crippen LogP contribution in [-0.2, 0) is 4.79 Å². The van der Waals surface area contributed by atoms with Gasteiger partial charge in [-0.1, -0.05) is 0 Å². The van der Waals surface area contributed by atoms with E-state index in [4.69, 9.17) is 15.3 Å². The van der Waals surface area contributed by atoms with E-state index < -0.39 is 42.9 Å². The highest BCUT2D eigenvalue weighted by atomic mass is 16.5. The summed E-state index contributed by atoms with van der Waals surface area (Å²) in [7, 11) is 0. The van der Waals surface area contributed by atoms with E-state index in [2.05, 4.69) is 0 Å². The van der Waals surface area contributed by atoms with Crippen LogP contribution in [0.1, 0.15) is 13.3 Å². The van der Waals surface area contributed by atoms with Gasteiger partial charge in [0.15, 0.2) is 5.79 Å². The summed E-state index contributed by atoms with van der Waals surface area (Å²) in [5.74, 6) is -3.44. The Labute approximate surface area is 86.2 Å². The fourth-order valence-corrected chi connectivity index (χ4v) is 1.06. The molecule has 90 valence electrons. The number of aliphatic hydroxyl groups excluding tert-OH is 4. The van der Waals surface area contributed by atoms with Crippen molar-refractivity contribution in [3.8, 4) is 0 Å². The second kappa shape index (κ2) is 5.50. The zero-order chi connectivity index (χ0) is 12.2. The summed E-state index contributed by atoms with van der Waals surface area (Å²) in [6.45, 7) is 0.219. The van der Waals surface area contributed by atoms with Crippen LogP contribution >= 0.6 is 0 Å². The first-order valence-electron chi connectivity index (χ1n) is 4.31. The van der Waals surface area contributed by atoms with Crippen LogP contribution in [0.5, 0.6) is 0 Å². The van der Waals surface area contributed by atoms with E-state index in [1.54, 1.807) is 0 Å². The first-order chi connectivity index (χ1) is 6.72. The molecule has 0 radical (unpaired) electrons.